The Labute approximate surface area is 148 Å². The van der Waals surface area contributed by atoms with E-state index in [0.29, 0.717) is 11.4 Å². The lowest BCUT2D eigenvalue weighted by Gasteiger charge is -2.15. The van der Waals surface area contributed by atoms with Gasteiger partial charge in [0.05, 0.1) is 4.90 Å². The maximum Gasteiger partial charge on any atom is 0.265 e. The van der Waals surface area contributed by atoms with Gasteiger partial charge in [0.2, 0.25) is 10.0 Å². The van der Waals surface area contributed by atoms with Gasteiger partial charge in [0, 0.05) is 11.7 Å². The van der Waals surface area contributed by atoms with Gasteiger partial charge >= 0.3 is 0 Å². The van der Waals surface area contributed by atoms with E-state index in [0.717, 1.165) is 0 Å². The highest BCUT2D eigenvalue weighted by Gasteiger charge is 2.17. The molecule has 7 heteroatoms. The molecule has 1 unspecified atom stereocenters. The van der Waals surface area contributed by atoms with Crippen LogP contribution in [-0.2, 0) is 14.8 Å². The number of amides is 1. The first kappa shape index (κ1) is 19.0. The predicted octanol–water partition coefficient (Wildman–Crippen LogP) is 2.78. The second kappa shape index (κ2) is 8.13. The quantitative estimate of drug-likeness (QED) is 0.793. The zero-order chi connectivity index (χ0) is 18.4. The van der Waals surface area contributed by atoms with Gasteiger partial charge in [-0.1, -0.05) is 18.2 Å². The van der Waals surface area contributed by atoms with Crippen molar-refractivity contribution in [3.8, 4) is 5.75 Å². The monoisotopic (exact) mass is 362 g/mol. The first-order valence-corrected chi connectivity index (χ1v) is 9.41. The third kappa shape index (κ3) is 5.58. The Morgan fingerprint density at radius 1 is 0.960 bits per heavy atom. The third-order valence-electron chi connectivity index (χ3n) is 3.25. The summed E-state index contributed by atoms with van der Waals surface area (Å²) in [5.41, 5.74) is 0.497. The van der Waals surface area contributed by atoms with Crippen molar-refractivity contribution >= 4 is 21.6 Å². The van der Waals surface area contributed by atoms with Gasteiger partial charge in [0.1, 0.15) is 5.75 Å². The van der Waals surface area contributed by atoms with Gasteiger partial charge in [-0.15, -0.1) is 0 Å². The van der Waals surface area contributed by atoms with E-state index in [2.05, 4.69) is 10.0 Å². The third-order valence-corrected chi connectivity index (χ3v) is 4.92. The number of para-hydroxylation sites is 1. The molecule has 2 N–H and O–H groups in total. The Kier molecular flexibility index (Phi) is 6.17. The lowest BCUT2D eigenvalue weighted by molar-refractivity contribution is -0.122. The van der Waals surface area contributed by atoms with Crippen molar-refractivity contribution in [1.82, 2.24) is 4.72 Å². The molecule has 0 aliphatic carbocycles. The summed E-state index contributed by atoms with van der Waals surface area (Å²) in [7, 11) is -3.55. The summed E-state index contributed by atoms with van der Waals surface area (Å²) >= 11 is 0. The average molecular weight is 362 g/mol. The summed E-state index contributed by atoms with van der Waals surface area (Å²) < 4.78 is 32.2. The van der Waals surface area contributed by atoms with Crippen LogP contribution in [-0.4, -0.2) is 26.5 Å². The van der Waals surface area contributed by atoms with Gasteiger partial charge in [0.25, 0.3) is 5.91 Å². The maximum atomic E-state index is 12.2. The molecule has 0 aromatic heterocycles. The molecule has 0 spiro atoms. The van der Waals surface area contributed by atoms with Crippen molar-refractivity contribution in [3.05, 3.63) is 54.6 Å². The summed E-state index contributed by atoms with van der Waals surface area (Å²) in [5.74, 6) is 0.283. The standard InChI is InChI=1S/C18H22N2O4S/c1-13(2)20-25(22,23)17-11-9-15(10-12-17)19-18(21)14(3)24-16-7-5-4-6-8-16/h4-14,20H,1-3H3,(H,19,21). The molecule has 6 nitrogen and oxygen atoms in total. The van der Waals surface area contributed by atoms with Crippen LogP contribution in [0.5, 0.6) is 5.75 Å². The first-order chi connectivity index (χ1) is 11.8. The van der Waals surface area contributed by atoms with E-state index in [4.69, 9.17) is 4.74 Å². The molecule has 0 bridgehead atoms. The van der Waals surface area contributed by atoms with Crippen LogP contribution >= 0.6 is 0 Å². The smallest absolute Gasteiger partial charge is 0.265 e. The number of anilines is 1. The topological polar surface area (TPSA) is 84.5 Å². The Morgan fingerprint density at radius 3 is 2.12 bits per heavy atom. The molecule has 0 fully saturated rings. The van der Waals surface area contributed by atoms with Gasteiger partial charge in [0.15, 0.2) is 6.10 Å². The van der Waals surface area contributed by atoms with E-state index in [1.54, 1.807) is 45.0 Å². The second-order valence-electron chi connectivity index (χ2n) is 5.86. The van der Waals surface area contributed by atoms with Crippen LogP contribution in [0.1, 0.15) is 20.8 Å². The first-order valence-electron chi connectivity index (χ1n) is 7.93. The average Bonchev–Trinajstić information content (AvgIpc) is 2.55. The van der Waals surface area contributed by atoms with E-state index in [9.17, 15) is 13.2 Å². The number of sulfonamides is 1. The van der Waals surface area contributed by atoms with Gasteiger partial charge in [-0.3, -0.25) is 4.79 Å². The lowest BCUT2D eigenvalue weighted by Crippen LogP contribution is -2.31. The Balaban J connectivity index is 1.99. The number of nitrogens with one attached hydrogen (secondary N) is 2. The summed E-state index contributed by atoms with van der Waals surface area (Å²) in [6, 6.07) is 14.8. The fraction of sp³-hybridized carbons (Fsp3) is 0.278. The predicted molar refractivity (Wildman–Crippen MR) is 97.1 cm³/mol. The lowest BCUT2D eigenvalue weighted by atomic mass is 10.3. The Bertz CT molecular complexity index is 803. The molecule has 25 heavy (non-hydrogen) atoms. The summed E-state index contributed by atoms with van der Waals surface area (Å²) in [6.45, 7) is 5.15. The molecule has 2 aromatic carbocycles. The maximum absolute atomic E-state index is 12.2. The van der Waals surface area contributed by atoms with Crippen molar-refractivity contribution in [2.45, 2.75) is 37.8 Å². The van der Waals surface area contributed by atoms with Crippen molar-refractivity contribution in [3.63, 3.8) is 0 Å². The second-order valence-corrected chi connectivity index (χ2v) is 7.58. The number of hydrogen-bond donors (Lipinski definition) is 2. The molecule has 0 saturated carbocycles. The van der Waals surface area contributed by atoms with E-state index in [1.807, 2.05) is 18.2 Å². The SMILES string of the molecule is CC(C)NS(=O)(=O)c1ccc(NC(=O)C(C)Oc2ccccc2)cc1. The highest BCUT2D eigenvalue weighted by atomic mass is 32.2. The zero-order valence-electron chi connectivity index (χ0n) is 14.4. The van der Waals surface area contributed by atoms with Crippen LogP contribution in [0.15, 0.2) is 59.5 Å². The number of benzene rings is 2. The highest BCUT2D eigenvalue weighted by molar-refractivity contribution is 7.89. The number of hydrogen-bond acceptors (Lipinski definition) is 4. The van der Waals surface area contributed by atoms with Gasteiger partial charge in [-0.05, 0) is 57.2 Å². The Hall–Kier alpha value is -2.38. The van der Waals surface area contributed by atoms with E-state index in [-0.39, 0.29) is 16.8 Å². The normalized spacial score (nSPS) is 12.6. The molecule has 1 atom stereocenters. The Morgan fingerprint density at radius 2 is 1.56 bits per heavy atom. The van der Waals surface area contributed by atoms with Gasteiger partial charge < -0.3 is 10.1 Å². The van der Waals surface area contributed by atoms with Gasteiger partial charge in [-0.2, -0.15) is 0 Å². The van der Waals surface area contributed by atoms with E-state index < -0.39 is 16.1 Å². The van der Waals surface area contributed by atoms with E-state index in [1.165, 1.54) is 12.1 Å². The molecule has 2 aromatic rings. The van der Waals surface area contributed by atoms with Crippen molar-refractivity contribution in [2.24, 2.45) is 0 Å². The van der Waals surface area contributed by atoms with Crippen molar-refractivity contribution in [2.75, 3.05) is 5.32 Å². The van der Waals surface area contributed by atoms with Crippen LogP contribution in [0.4, 0.5) is 5.69 Å². The van der Waals surface area contributed by atoms with Crippen LogP contribution in [0.3, 0.4) is 0 Å². The van der Waals surface area contributed by atoms with Crippen LogP contribution in [0.2, 0.25) is 0 Å². The molecule has 0 saturated heterocycles. The minimum atomic E-state index is -3.55. The molecule has 0 aliphatic rings. The molecule has 0 radical (unpaired) electrons. The minimum Gasteiger partial charge on any atom is -0.481 e. The molecule has 2 rings (SSSR count). The number of carbonyl (C=O) groups is 1. The summed E-state index contributed by atoms with van der Waals surface area (Å²) in [6.07, 6.45) is -0.687. The summed E-state index contributed by atoms with van der Waals surface area (Å²) in [4.78, 5) is 12.3. The summed E-state index contributed by atoms with van der Waals surface area (Å²) in [5, 5.41) is 2.70. The molecule has 1 amide bonds. The van der Waals surface area contributed by atoms with Crippen LogP contribution < -0.4 is 14.8 Å². The number of rotatable bonds is 7. The fourth-order valence-corrected chi connectivity index (χ4v) is 3.35. The van der Waals surface area contributed by atoms with Crippen LogP contribution in [0.25, 0.3) is 0 Å². The van der Waals surface area contributed by atoms with Gasteiger partial charge in [-0.25, -0.2) is 13.1 Å². The molecule has 0 aliphatic heterocycles. The van der Waals surface area contributed by atoms with Crippen LogP contribution in [0, 0.1) is 0 Å². The van der Waals surface area contributed by atoms with E-state index >= 15 is 0 Å². The molecule has 0 heterocycles. The molecule has 134 valence electrons. The number of ether oxygens (including phenoxy) is 1. The van der Waals surface area contributed by atoms with Crippen molar-refractivity contribution in [1.29, 1.82) is 0 Å². The van der Waals surface area contributed by atoms with Crippen molar-refractivity contribution < 1.29 is 17.9 Å². The largest absolute Gasteiger partial charge is 0.481 e. The zero-order valence-corrected chi connectivity index (χ0v) is 15.2. The number of carbonyl (C=O) groups excluding carboxylic acids is 1. The fourth-order valence-electron chi connectivity index (χ4n) is 2.10. The highest BCUT2D eigenvalue weighted by Crippen LogP contribution is 2.16. The molecular formula is C18H22N2O4S. The minimum absolute atomic E-state index is 0.146. The molecular weight excluding hydrogens is 340 g/mol.